The van der Waals surface area contributed by atoms with Crippen molar-refractivity contribution in [3.8, 4) is 11.8 Å². The molecule has 0 unspecified atom stereocenters. The largest absolute Gasteiger partial charge is 0.488 e. The summed E-state index contributed by atoms with van der Waals surface area (Å²) in [5.74, 6) is 0.916. The first-order valence-corrected chi connectivity index (χ1v) is 7.41. The maximum absolute atomic E-state index is 12.4. The van der Waals surface area contributed by atoms with E-state index in [1.165, 1.54) is 0 Å². The molecule has 4 nitrogen and oxygen atoms in total. The van der Waals surface area contributed by atoms with E-state index in [0.29, 0.717) is 30.4 Å². The lowest BCUT2D eigenvalue weighted by Crippen LogP contribution is -2.22. The van der Waals surface area contributed by atoms with Crippen LogP contribution in [0.4, 0.5) is 0 Å². The lowest BCUT2D eigenvalue weighted by Gasteiger charge is -2.10. The maximum atomic E-state index is 12.4. The normalized spacial score (nSPS) is 10.5. The van der Waals surface area contributed by atoms with Gasteiger partial charge in [0.2, 0.25) is 0 Å². The lowest BCUT2D eigenvalue weighted by atomic mass is 10.1. The van der Waals surface area contributed by atoms with E-state index >= 15 is 0 Å². The van der Waals surface area contributed by atoms with Gasteiger partial charge in [0.1, 0.15) is 0 Å². The van der Waals surface area contributed by atoms with E-state index < -0.39 is 0 Å². The number of aromatic nitrogens is 1. The molecule has 0 radical (unpaired) electrons. The maximum Gasteiger partial charge on any atom is 0.293 e. The van der Waals surface area contributed by atoms with Crippen LogP contribution in [0.1, 0.15) is 31.4 Å². The van der Waals surface area contributed by atoms with Crippen molar-refractivity contribution >= 4 is 0 Å². The average Bonchev–Trinajstić information content (AvgIpc) is 2.51. The second-order valence-electron chi connectivity index (χ2n) is 5.65. The first-order valence-electron chi connectivity index (χ1n) is 7.41. The molecule has 114 valence electrons. The van der Waals surface area contributed by atoms with Gasteiger partial charge in [-0.2, -0.15) is 5.26 Å². The van der Waals surface area contributed by atoms with Gasteiger partial charge in [0.05, 0.1) is 24.8 Å². The second kappa shape index (κ2) is 7.46. The van der Waals surface area contributed by atoms with Crippen LogP contribution in [0.5, 0.6) is 5.75 Å². The monoisotopic (exact) mass is 296 g/mol. The number of hydrogen-bond donors (Lipinski definition) is 0. The van der Waals surface area contributed by atoms with E-state index in [9.17, 15) is 4.79 Å². The van der Waals surface area contributed by atoms with Crippen molar-refractivity contribution in [1.29, 1.82) is 5.26 Å². The summed E-state index contributed by atoms with van der Waals surface area (Å²) in [5.41, 5.74) is 1.36. The molecule has 0 aliphatic heterocycles. The molecule has 2 aromatic rings. The Morgan fingerprint density at radius 2 is 2.09 bits per heavy atom. The average molecular weight is 296 g/mol. The molecule has 4 heteroatoms. The summed E-state index contributed by atoms with van der Waals surface area (Å²) in [5, 5.41) is 8.93. The van der Waals surface area contributed by atoms with Crippen LogP contribution in [-0.2, 0) is 6.54 Å². The molecule has 0 aliphatic rings. The third-order valence-corrected chi connectivity index (χ3v) is 3.35. The van der Waals surface area contributed by atoms with Crippen LogP contribution < -0.4 is 10.3 Å². The number of hydrogen-bond acceptors (Lipinski definition) is 3. The van der Waals surface area contributed by atoms with Crippen molar-refractivity contribution in [2.75, 3.05) is 6.61 Å². The topological polar surface area (TPSA) is 55.0 Å². The van der Waals surface area contributed by atoms with Gasteiger partial charge in [-0.1, -0.05) is 26.0 Å². The number of ether oxygens (including phenoxy) is 1. The summed E-state index contributed by atoms with van der Waals surface area (Å²) in [6, 6.07) is 12.9. The summed E-state index contributed by atoms with van der Waals surface area (Å²) in [6.45, 7) is 5.21. The van der Waals surface area contributed by atoms with Crippen LogP contribution in [-0.4, -0.2) is 11.2 Å². The van der Waals surface area contributed by atoms with Crippen molar-refractivity contribution in [2.45, 2.75) is 26.8 Å². The molecule has 0 saturated heterocycles. The van der Waals surface area contributed by atoms with Crippen molar-refractivity contribution in [3.63, 3.8) is 0 Å². The Morgan fingerprint density at radius 1 is 1.27 bits per heavy atom. The van der Waals surface area contributed by atoms with Crippen LogP contribution in [0, 0.1) is 17.2 Å². The van der Waals surface area contributed by atoms with Gasteiger partial charge in [0.15, 0.2) is 5.75 Å². The molecule has 1 aromatic heterocycles. The highest BCUT2D eigenvalue weighted by molar-refractivity contribution is 5.33. The Morgan fingerprint density at radius 3 is 2.82 bits per heavy atom. The molecule has 0 fully saturated rings. The van der Waals surface area contributed by atoms with E-state index in [-0.39, 0.29) is 5.56 Å². The third-order valence-electron chi connectivity index (χ3n) is 3.35. The highest BCUT2D eigenvalue weighted by Crippen LogP contribution is 2.09. The van der Waals surface area contributed by atoms with E-state index in [0.717, 1.165) is 12.0 Å². The number of pyridine rings is 1. The van der Waals surface area contributed by atoms with E-state index in [1.807, 2.05) is 12.1 Å². The first kappa shape index (κ1) is 15.8. The van der Waals surface area contributed by atoms with Crippen molar-refractivity contribution in [3.05, 3.63) is 64.1 Å². The van der Waals surface area contributed by atoms with E-state index in [4.69, 9.17) is 10.00 Å². The minimum atomic E-state index is -0.145. The van der Waals surface area contributed by atoms with Crippen LogP contribution in [0.25, 0.3) is 0 Å². The van der Waals surface area contributed by atoms with Crippen LogP contribution in [0.2, 0.25) is 0 Å². The second-order valence-corrected chi connectivity index (χ2v) is 5.65. The van der Waals surface area contributed by atoms with Crippen LogP contribution in [0.15, 0.2) is 47.4 Å². The predicted molar refractivity (Wildman–Crippen MR) is 85.9 cm³/mol. The minimum Gasteiger partial charge on any atom is -0.488 e. The van der Waals surface area contributed by atoms with Gasteiger partial charge in [-0.05, 0) is 42.2 Å². The molecular formula is C18H20N2O2. The standard InChI is InChI=1S/C18H20N2O2/c1-14(2)8-10-22-17-7-4-9-20(18(17)21)13-16-6-3-5-15(11-16)12-19/h3-7,9,11,14H,8,10,13H2,1-2H3. The summed E-state index contributed by atoms with van der Waals surface area (Å²) < 4.78 is 7.18. The zero-order chi connectivity index (χ0) is 15.9. The zero-order valence-corrected chi connectivity index (χ0v) is 13.0. The van der Waals surface area contributed by atoms with Gasteiger partial charge < -0.3 is 9.30 Å². The number of rotatable bonds is 6. The number of benzene rings is 1. The molecule has 0 saturated carbocycles. The Hall–Kier alpha value is -2.54. The molecule has 0 aliphatic carbocycles. The Balaban J connectivity index is 2.15. The Kier molecular flexibility index (Phi) is 5.37. The Bertz CT molecular complexity index is 726. The van der Waals surface area contributed by atoms with Gasteiger partial charge in [-0.3, -0.25) is 4.79 Å². The van der Waals surface area contributed by atoms with Gasteiger partial charge in [-0.25, -0.2) is 0 Å². The number of nitriles is 1. The van der Waals surface area contributed by atoms with Gasteiger partial charge in [-0.15, -0.1) is 0 Å². The molecule has 22 heavy (non-hydrogen) atoms. The lowest BCUT2D eigenvalue weighted by molar-refractivity contribution is 0.284. The fraction of sp³-hybridized carbons (Fsp3) is 0.333. The Labute approximate surface area is 130 Å². The molecule has 0 atom stereocenters. The van der Waals surface area contributed by atoms with Gasteiger partial charge in [0.25, 0.3) is 5.56 Å². The first-order chi connectivity index (χ1) is 10.6. The molecule has 0 N–H and O–H groups in total. The highest BCUT2D eigenvalue weighted by Gasteiger charge is 2.06. The minimum absolute atomic E-state index is 0.145. The fourth-order valence-electron chi connectivity index (χ4n) is 2.09. The van der Waals surface area contributed by atoms with Crippen molar-refractivity contribution < 1.29 is 4.74 Å². The summed E-state index contributed by atoms with van der Waals surface area (Å²) in [6.07, 6.45) is 2.65. The molecule has 2 rings (SSSR count). The summed E-state index contributed by atoms with van der Waals surface area (Å²) in [7, 11) is 0. The van der Waals surface area contributed by atoms with Crippen molar-refractivity contribution in [2.24, 2.45) is 5.92 Å². The fourth-order valence-corrected chi connectivity index (χ4v) is 2.09. The van der Waals surface area contributed by atoms with Gasteiger partial charge in [0, 0.05) is 6.20 Å². The van der Waals surface area contributed by atoms with Gasteiger partial charge >= 0.3 is 0 Å². The van der Waals surface area contributed by atoms with Crippen LogP contribution >= 0.6 is 0 Å². The number of nitrogens with zero attached hydrogens (tertiary/aromatic N) is 2. The SMILES string of the molecule is CC(C)CCOc1cccn(Cc2cccc(C#N)c2)c1=O. The van der Waals surface area contributed by atoms with E-state index in [1.54, 1.807) is 35.0 Å². The third kappa shape index (κ3) is 4.23. The van der Waals surface area contributed by atoms with Crippen LogP contribution in [0.3, 0.4) is 0 Å². The molecule has 1 aromatic carbocycles. The summed E-state index contributed by atoms with van der Waals surface area (Å²) in [4.78, 5) is 12.4. The molecular weight excluding hydrogens is 276 g/mol. The molecule has 0 bridgehead atoms. The smallest absolute Gasteiger partial charge is 0.293 e. The molecule has 0 amide bonds. The highest BCUT2D eigenvalue weighted by atomic mass is 16.5. The summed E-state index contributed by atoms with van der Waals surface area (Å²) >= 11 is 0. The van der Waals surface area contributed by atoms with Crippen molar-refractivity contribution in [1.82, 2.24) is 4.57 Å². The molecule has 0 spiro atoms. The molecule has 1 heterocycles. The predicted octanol–water partition coefficient (Wildman–Crippen LogP) is 3.19. The van der Waals surface area contributed by atoms with E-state index in [2.05, 4.69) is 19.9 Å². The zero-order valence-electron chi connectivity index (χ0n) is 13.0. The quantitative estimate of drug-likeness (QED) is 0.822.